The van der Waals surface area contributed by atoms with E-state index < -0.39 is 0 Å². The second-order valence-corrected chi connectivity index (χ2v) is 10.8. The quantitative estimate of drug-likeness (QED) is 0.407. The van der Waals surface area contributed by atoms with Crippen LogP contribution < -0.4 is 14.8 Å². The molecule has 1 saturated heterocycles. The van der Waals surface area contributed by atoms with E-state index in [1.54, 1.807) is 19.2 Å². The molecule has 0 unspecified atom stereocenters. The highest BCUT2D eigenvalue weighted by Crippen LogP contribution is 2.54. The number of benzene rings is 3. The Balaban J connectivity index is 1.59. The smallest absolute Gasteiger partial charge is 0.254 e. The van der Waals surface area contributed by atoms with Gasteiger partial charge in [-0.2, -0.15) is 0 Å². The SMILES string of the molecule is COc1c(O)ccc2c1-c1ccc3c(c1/C(=C/c1ccccc1C(=O)N1CCCC1)O2)C(C)=CC(C)(C)N3. The van der Waals surface area contributed by atoms with Gasteiger partial charge in [0.15, 0.2) is 11.5 Å². The monoisotopic (exact) mass is 508 g/mol. The van der Waals surface area contributed by atoms with Crippen molar-refractivity contribution in [1.82, 2.24) is 4.90 Å². The lowest BCUT2D eigenvalue weighted by molar-refractivity contribution is 0.0792. The van der Waals surface area contributed by atoms with Gasteiger partial charge in [-0.1, -0.05) is 30.3 Å². The van der Waals surface area contributed by atoms with Crippen LogP contribution in [0.1, 0.15) is 60.7 Å². The first-order valence-corrected chi connectivity index (χ1v) is 13.1. The van der Waals surface area contributed by atoms with Crippen molar-refractivity contribution in [3.63, 3.8) is 0 Å². The molecule has 0 aromatic heterocycles. The Morgan fingerprint density at radius 1 is 1.05 bits per heavy atom. The maximum atomic E-state index is 13.4. The highest BCUT2D eigenvalue weighted by Gasteiger charge is 2.34. The number of rotatable bonds is 3. The molecule has 0 spiro atoms. The Morgan fingerprint density at radius 3 is 2.58 bits per heavy atom. The Bertz CT molecular complexity index is 1530. The number of carbonyl (C=O) groups excluding carboxylic acids is 1. The minimum atomic E-state index is -0.201. The lowest BCUT2D eigenvalue weighted by atomic mass is 9.82. The molecule has 6 heteroatoms. The molecule has 0 saturated carbocycles. The summed E-state index contributed by atoms with van der Waals surface area (Å²) in [6.45, 7) is 7.97. The lowest BCUT2D eigenvalue weighted by Crippen LogP contribution is -2.32. The molecule has 3 aromatic rings. The first-order valence-electron chi connectivity index (χ1n) is 13.1. The zero-order valence-electron chi connectivity index (χ0n) is 22.2. The maximum absolute atomic E-state index is 13.4. The second-order valence-electron chi connectivity index (χ2n) is 10.8. The van der Waals surface area contributed by atoms with E-state index in [4.69, 9.17) is 9.47 Å². The number of phenolic OH excluding ortho intramolecular Hbond substituents is 1. The number of hydrogen-bond donors (Lipinski definition) is 2. The van der Waals surface area contributed by atoms with Gasteiger partial charge in [0, 0.05) is 41.0 Å². The Labute approximate surface area is 223 Å². The van der Waals surface area contributed by atoms with Crippen molar-refractivity contribution < 1.29 is 19.4 Å². The average Bonchev–Trinajstić information content (AvgIpc) is 3.43. The van der Waals surface area contributed by atoms with Crippen molar-refractivity contribution in [2.24, 2.45) is 0 Å². The summed E-state index contributed by atoms with van der Waals surface area (Å²) in [6, 6.07) is 15.2. The third kappa shape index (κ3) is 3.92. The predicted octanol–water partition coefficient (Wildman–Crippen LogP) is 6.80. The summed E-state index contributed by atoms with van der Waals surface area (Å²) in [7, 11) is 1.55. The van der Waals surface area contributed by atoms with Gasteiger partial charge >= 0.3 is 0 Å². The molecule has 194 valence electrons. The van der Waals surface area contributed by atoms with Gasteiger partial charge in [0.1, 0.15) is 11.5 Å². The van der Waals surface area contributed by atoms with Gasteiger partial charge in [0.2, 0.25) is 0 Å². The van der Waals surface area contributed by atoms with Crippen molar-refractivity contribution in [3.8, 4) is 28.4 Å². The van der Waals surface area contributed by atoms with Crippen LogP contribution in [0.25, 0.3) is 28.5 Å². The molecule has 3 aliphatic heterocycles. The van der Waals surface area contributed by atoms with Crippen LogP contribution in [0.4, 0.5) is 5.69 Å². The van der Waals surface area contributed by atoms with E-state index >= 15 is 0 Å². The van der Waals surface area contributed by atoms with E-state index in [9.17, 15) is 9.90 Å². The molecule has 3 heterocycles. The minimum Gasteiger partial charge on any atom is -0.504 e. The summed E-state index contributed by atoms with van der Waals surface area (Å²) in [5.74, 6) is 1.71. The van der Waals surface area contributed by atoms with E-state index in [2.05, 4.69) is 38.2 Å². The zero-order valence-corrected chi connectivity index (χ0v) is 22.2. The summed E-state index contributed by atoms with van der Waals surface area (Å²) < 4.78 is 12.2. The van der Waals surface area contributed by atoms with Gasteiger partial charge in [-0.3, -0.25) is 4.79 Å². The Hall–Kier alpha value is -4.19. The number of phenols is 1. The van der Waals surface area contributed by atoms with Crippen LogP contribution in [0.2, 0.25) is 0 Å². The van der Waals surface area contributed by atoms with E-state index in [-0.39, 0.29) is 17.2 Å². The molecule has 6 nitrogen and oxygen atoms in total. The molecule has 0 bridgehead atoms. The lowest BCUT2D eigenvalue weighted by Gasteiger charge is -2.35. The standard InChI is InChI=1S/C32H32N2O4/c1-19-18-32(2,3)33-23-12-11-22-28(27(19)23)26(38-25-14-13-24(35)30(37-4)29(22)25)17-20-9-5-6-10-21(20)31(36)34-15-7-8-16-34/h5-6,9-14,17-18,33,35H,7-8,15-16H2,1-4H3/b26-17-. The van der Waals surface area contributed by atoms with Gasteiger partial charge in [-0.25, -0.2) is 0 Å². The summed E-state index contributed by atoms with van der Waals surface area (Å²) in [4.78, 5) is 15.4. The molecule has 38 heavy (non-hydrogen) atoms. The highest BCUT2D eigenvalue weighted by atomic mass is 16.5. The number of fused-ring (bicyclic) bond motifs is 5. The van der Waals surface area contributed by atoms with Gasteiger partial charge in [0.05, 0.1) is 18.2 Å². The summed E-state index contributed by atoms with van der Waals surface area (Å²) in [5, 5.41) is 14.2. The number of anilines is 1. The fraction of sp³-hybridized carbons (Fsp3) is 0.281. The minimum absolute atomic E-state index is 0.0487. The number of amides is 1. The second kappa shape index (κ2) is 8.98. The third-order valence-electron chi connectivity index (χ3n) is 7.54. The van der Waals surface area contributed by atoms with Crippen LogP contribution in [0.5, 0.6) is 17.2 Å². The fourth-order valence-electron chi connectivity index (χ4n) is 6.00. The molecule has 1 amide bonds. The summed E-state index contributed by atoms with van der Waals surface area (Å²) in [6.07, 6.45) is 6.26. The van der Waals surface area contributed by atoms with E-state index in [0.29, 0.717) is 28.4 Å². The first kappa shape index (κ1) is 24.2. The number of ether oxygens (including phenoxy) is 2. The van der Waals surface area contributed by atoms with Gasteiger partial charge < -0.3 is 24.8 Å². The maximum Gasteiger partial charge on any atom is 0.254 e. The molecule has 0 aliphatic carbocycles. The number of likely N-dealkylation sites (tertiary alicyclic amines) is 1. The Morgan fingerprint density at radius 2 is 1.82 bits per heavy atom. The molecule has 0 radical (unpaired) electrons. The largest absolute Gasteiger partial charge is 0.504 e. The Kier molecular flexibility index (Phi) is 5.71. The van der Waals surface area contributed by atoms with E-state index in [0.717, 1.165) is 59.4 Å². The normalized spacial score (nSPS) is 18.1. The van der Waals surface area contributed by atoms with Gasteiger partial charge in [-0.15, -0.1) is 0 Å². The zero-order chi connectivity index (χ0) is 26.6. The van der Waals surface area contributed by atoms with Crippen molar-refractivity contribution >= 4 is 29.0 Å². The molecular formula is C32H32N2O4. The summed E-state index contributed by atoms with van der Waals surface area (Å²) in [5.41, 5.74) is 6.95. The number of carbonyl (C=O) groups is 1. The topological polar surface area (TPSA) is 71.0 Å². The molecule has 0 atom stereocenters. The van der Waals surface area contributed by atoms with Crippen LogP contribution in [-0.2, 0) is 0 Å². The van der Waals surface area contributed by atoms with Gasteiger partial charge in [0.25, 0.3) is 5.91 Å². The number of hydrogen-bond acceptors (Lipinski definition) is 5. The van der Waals surface area contributed by atoms with E-state index in [1.807, 2.05) is 41.3 Å². The summed E-state index contributed by atoms with van der Waals surface area (Å²) >= 11 is 0. The van der Waals surface area contributed by atoms with E-state index in [1.165, 1.54) is 0 Å². The van der Waals surface area contributed by atoms with Gasteiger partial charge in [-0.05, 0) is 75.1 Å². The van der Waals surface area contributed by atoms with Crippen LogP contribution in [0.15, 0.2) is 54.6 Å². The number of aromatic hydroxyl groups is 1. The van der Waals surface area contributed by atoms with Crippen LogP contribution in [-0.4, -0.2) is 41.7 Å². The van der Waals surface area contributed by atoms with Crippen LogP contribution in [0, 0.1) is 0 Å². The average molecular weight is 509 g/mol. The fourth-order valence-corrected chi connectivity index (χ4v) is 6.00. The van der Waals surface area contributed by atoms with Crippen molar-refractivity contribution in [2.45, 2.75) is 39.2 Å². The van der Waals surface area contributed by atoms with Crippen LogP contribution in [0.3, 0.4) is 0 Å². The molecule has 6 rings (SSSR count). The van der Waals surface area contributed by atoms with Crippen molar-refractivity contribution in [2.75, 3.05) is 25.5 Å². The first-order chi connectivity index (χ1) is 18.3. The molecule has 3 aromatic carbocycles. The van der Waals surface area contributed by atoms with Crippen molar-refractivity contribution in [1.29, 1.82) is 0 Å². The highest BCUT2D eigenvalue weighted by molar-refractivity contribution is 6.04. The molecule has 2 N–H and O–H groups in total. The number of nitrogens with one attached hydrogen (secondary N) is 1. The number of methoxy groups -OCH3 is 1. The molecular weight excluding hydrogens is 476 g/mol. The third-order valence-corrected chi connectivity index (χ3v) is 7.54. The van der Waals surface area contributed by atoms with Crippen molar-refractivity contribution in [3.05, 3.63) is 76.9 Å². The molecule has 3 aliphatic rings. The number of allylic oxidation sites excluding steroid dienone is 1. The molecule has 1 fully saturated rings. The predicted molar refractivity (Wildman–Crippen MR) is 152 cm³/mol. The van der Waals surface area contributed by atoms with Crippen LogP contribution >= 0.6 is 0 Å². The number of nitrogens with zero attached hydrogens (tertiary/aromatic N) is 1.